The molecule has 1 unspecified atom stereocenters. The zero-order valence-corrected chi connectivity index (χ0v) is 8.77. The molecule has 0 amide bonds. The molecule has 0 spiro atoms. The van der Waals surface area contributed by atoms with Crippen molar-refractivity contribution in [2.24, 2.45) is 0 Å². The second-order valence-electron chi connectivity index (χ2n) is 3.03. The Hall–Kier alpha value is -0.510. The molecule has 1 aromatic heterocycles. The molecule has 0 fully saturated rings. The zero-order valence-electron chi connectivity index (χ0n) is 8.02. The maximum atomic E-state index is 9.62. The Bertz CT molecular complexity index is 296. The molecule has 3 nitrogen and oxygen atoms in total. The number of furan rings is 1. The van der Waals surface area contributed by atoms with Gasteiger partial charge in [-0.25, -0.2) is 0 Å². The number of nitrogens with one attached hydrogen (secondary N) is 1. The first-order chi connectivity index (χ1) is 6.07. The lowest BCUT2D eigenvalue weighted by Crippen LogP contribution is -2.16. The Morgan fingerprint density at radius 2 is 2.15 bits per heavy atom. The number of halogens is 1. The lowest BCUT2D eigenvalue weighted by molar-refractivity contribution is 0.148. The Morgan fingerprint density at radius 3 is 2.54 bits per heavy atom. The van der Waals surface area contributed by atoms with Crippen molar-refractivity contribution in [3.05, 3.63) is 22.1 Å². The van der Waals surface area contributed by atoms with Gasteiger partial charge >= 0.3 is 0 Å². The van der Waals surface area contributed by atoms with E-state index < -0.39 is 6.10 Å². The predicted molar refractivity (Wildman–Crippen MR) is 52.1 cm³/mol. The van der Waals surface area contributed by atoms with Gasteiger partial charge in [0.15, 0.2) is 0 Å². The molecule has 0 aliphatic rings. The van der Waals surface area contributed by atoms with Crippen LogP contribution in [0.2, 0.25) is 5.02 Å². The Balaban J connectivity index is 2.94. The fourth-order valence-corrected chi connectivity index (χ4v) is 1.39. The van der Waals surface area contributed by atoms with Gasteiger partial charge in [-0.05, 0) is 20.9 Å². The summed E-state index contributed by atoms with van der Waals surface area (Å²) in [5.41, 5.74) is 0.821. The van der Waals surface area contributed by atoms with Crippen molar-refractivity contribution < 1.29 is 9.52 Å². The van der Waals surface area contributed by atoms with E-state index in [9.17, 15) is 5.11 Å². The minimum Gasteiger partial charge on any atom is -0.462 e. The maximum Gasteiger partial charge on any atom is 0.138 e. The van der Waals surface area contributed by atoms with Gasteiger partial charge in [-0.2, -0.15) is 0 Å². The topological polar surface area (TPSA) is 45.4 Å². The third-order valence-electron chi connectivity index (χ3n) is 1.97. The van der Waals surface area contributed by atoms with Crippen LogP contribution in [0.4, 0.5) is 0 Å². The van der Waals surface area contributed by atoms with E-state index in [1.54, 1.807) is 14.0 Å². The number of aliphatic hydroxyl groups is 1. The number of likely N-dealkylation sites (N-methyl/N-ethyl adjacent to an activating group) is 1. The van der Waals surface area contributed by atoms with E-state index >= 15 is 0 Å². The van der Waals surface area contributed by atoms with Crippen LogP contribution in [-0.2, 0) is 0 Å². The van der Waals surface area contributed by atoms with Gasteiger partial charge in [0.1, 0.15) is 17.6 Å². The molecular weight excluding hydrogens is 190 g/mol. The van der Waals surface area contributed by atoms with Gasteiger partial charge in [0, 0.05) is 12.1 Å². The van der Waals surface area contributed by atoms with Crippen LogP contribution in [0.15, 0.2) is 4.42 Å². The first kappa shape index (κ1) is 10.6. The average molecular weight is 204 g/mol. The van der Waals surface area contributed by atoms with E-state index in [1.807, 2.05) is 6.92 Å². The summed E-state index contributed by atoms with van der Waals surface area (Å²) in [4.78, 5) is 0. The second-order valence-corrected chi connectivity index (χ2v) is 3.41. The van der Waals surface area contributed by atoms with Crippen LogP contribution >= 0.6 is 11.6 Å². The first-order valence-electron chi connectivity index (χ1n) is 4.16. The monoisotopic (exact) mass is 203 g/mol. The molecule has 1 aromatic rings. The molecule has 74 valence electrons. The van der Waals surface area contributed by atoms with E-state index in [2.05, 4.69) is 5.32 Å². The smallest absolute Gasteiger partial charge is 0.138 e. The molecule has 0 saturated carbocycles. The van der Waals surface area contributed by atoms with Crippen LogP contribution < -0.4 is 5.32 Å². The quantitative estimate of drug-likeness (QED) is 0.788. The third-order valence-corrected chi connectivity index (χ3v) is 2.52. The summed E-state index contributed by atoms with van der Waals surface area (Å²) in [6.07, 6.45) is -0.629. The molecule has 1 atom stereocenters. The SMILES string of the molecule is CNCC(O)c1oc(C)c(Cl)c1C. The van der Waals surface area contributed by atoms with Crippen LogP contribution in [0.25, 0.3) is 0 Å². The highest BCUT2D eigenvalue weighted by Gasteiger charge is 2.18. The number of hydrogen-bond donors (Lipinski definition) is 2. The van der Waals surface area contributed by atoms with E-state index in [0.717, 1.165) is 5.56 Å². The summed E-state index contributed by atoms with van der Waals surface area (Å²) in [6, 6.07) is 0. The van der Waals surface area contributed by atoms with E-state index in [1.165, 1.54) is 0 Å². The number of hydrogen-bond acceptors (Lipinski definition) is 3. The molecule has 0 saturated heterocycles. The van der Waals surface area contributed by atoms with E-state index in [0.29, 0.717) is 23.1 Å². The lowest BCUT2D eigenvalue weighted by atomic mass is 10.2. The highest BCUT2D eigenvalue weighted by Crippen LogP contribution is 2.29. The average Bonchev–Trinajstić information content (AvgIpc) is 2.33. The largest absolute Gasteiger partial charge is 0.462 e. The van der Waals surface area contributed by atoms with Crippen molar-refractivity contribution in [2.75, 3.05) is 13.6 Å². The molecule has 2 N–H and O–H groups in total. The molecular formula is C9H14ClNO2. The molecule has 1 rings (SSSR count). The van der Waals surface area contributed by atoms with Gasteiger partial charge in [0.2, 0.25) is 0 Å². The minimum absolute atomic E-state index is 0.462. The fourth-order valence-electron chi connectivity index (χ4n) is 1.26. The van der Waals surface area contributed by atoms with Crippen molar-refractivity contribution in [1.29, 1.82) is 0 Å². The Morgan fingerprint density at radius 1 is 1.54 bits per heavy atom. The number of aliphatic hydroxyl groups excluding tert-OH is 1. The summed E-state index contributed by atoms with van der Waals surface area (Å²) in [7, 11) is 1.77. The van der Waals surface area contributed by atoms with Gasteiger partial charge in [-0.1, -0.05) is 11.6 Å². The Labute approximate surface area is 82.7 Å². The van der Waals surface area contributed by atoms with Crippen LogP contribution in [0.5, 0.6) is 0 Å². The summed E-state index contributed by atoms with van der Waals surface area (Å²) >= 11 is 5.92. The summed E-state index contributed by atoms with van der Waals surface area (Å²) in [5.74, 6) is 1.21. The number of aryl methyl sites for hydroxylation is 1. The van der Waals surface area contributed by atoms with Crippen molar-refractivity contribution >= 4 is 11.6 Å². The fraction of sp³-hybridized carbons (Fsp3) is 0.556. The van der Waals surface area contributed by atoms with Gasteiger partial charge in [-0.15, -0.1) is 0 Å². The van der Waals surface area contributed by atoms with Crippen molar-refractivity contribution in [1.82, 2.24) is 5.32 Å². The molecule has 0 aliphatic heterocycles. The standard InChI is InChI=1S/C9H14ClNO2/c1-5-8(10)6(2)13-9(5)7(12)4-11-3/h7,11-12H,4H2,1-3H3. The predicted octanol–water partition coefficient (Wildman–Crippen LogP) is 1.80. The Kier molecular flexibility index (Phi) is 3.36. The number of rotatable bonds is 3. The third kappa shape index (κ3) is 2.05. The van der Waals surface area contributed by atoms with E-state index in [-0.39, 0.29) is 0 Å². The maximum absolute atomic E-state index is 9.62. The van der Waals surface area contributed by atoms with E-state index in [4.69, 9.17) is 16.0 Å². The van der Waals surface area contributed by atoms with Crippen molar-refractivity contribution in [3.63, 3.8) is 0 Å². The molecule has 1 heterocycles. The van der Waals surface area contributed by atoms with Crippen molar-refractivity contribution in [2.45, 2.75) is 20.0 Å². The van der Waals surface area contributed by atoms with Gasteiger partial charge in [-0.3, -0.25) is 0 Å². The molecule has 13 heavy (non-hydrogen) atoms. The molecule has 0 radical (unpaired) electrons. The van der Waals surface area contributed by atoms with Crippen LogP contribution in [0.3, 0.4) is 0 Å². The van der Waals surface area contributed by atoms with Crippen LogP contribution in [0, 0.1) is 13.8 Å². The van der Waals surface area contributed by atoms with Gasteiger partial charge in [0.25, 0.3) is 0 Å². The molecule has 0 aromatic carbocycles. The highest BCUT2D eigenvalue weighted by atomic mass is 35.5. The van der Waals surface area contributed by atoms with Gasteiger partial charge < -0.3 is 14.8 Å². The normalized spacial score (nSPS) is 13.3. The molecule has 4 heteroatoms. The highest BCUT2D eigenvalue weighted by molar-refractivity contribution is 6.32. The summed E-state index contributed by atoms with van der Waals surface area (Å²) < 4.78 is 5.34. The second kappa shape index (κ2) is 4.13. The molecule has 0 bridgehead atoms. The minimum atomic E-state index is -0.629. The summed E-state index contributed by atoms with van der Waals surface area (Å²) in [6.45, 7) is 4.09. The summed E-state index contributed by atoms with van der Waals surface area (Å²) in [5, 5.41) is 13.1. The van der Waals surface area contributed by atoms with Crippen molar-refractivity contribution in [3.8, 4) is 0 Å². The van der Waals surface area contributed by atoms with Crippen LogP contribution in [-0.4, -0.2) is 18.7 Å². The van der Waals surface area contributed by atoms with Gasteiger partial charge in [0.05, 0.1) is 5.02 Å². The zero-order chi connectivity index (χ0) is 10.0. The first-order valence-corrected chi connectivity index (χ1v) is 4.53. The molecule has 0 aliphatic carbocycles. The lowest BCUT2D eigenvalue weighted by Gasteiger charge is -2.07. The van der Waals surface area contributed by atoms with Crippen LogP contribution in [0.1, 0.15) is 23.2 Å².